The van der Waals surface area contributed by atoms with Gasteiger partial charge < -0.3 is 4.98 Å². The molecule has 7 heteroatoms. The van der Waals surface area contributed by atoms with Crippen molar-refractivity contribution in [3.63, 3.8) is 0 Å². The van der Waals surface area contributed by atoms with E-state index in [1.165, 1.54) is 12.1 Å². The van der Waals surface area contributed by atoms with Crippen molar-refractivity contribution in [3.8, 4) is 5.69 Å². The van der Waals surface area contributed by atoms with Gasteiger partial charge in [-0.15, -0.1) is 0 Å². The van der Waals surface area contributed by atoms with Gasteiger partial charge in [0, 0.05) is 0 Å². The molecule has 0 amide bonds. The van der Waals surface area contributed by atoms with Crippen molar-refractivity contribution in [2.24, 2.45) is 0 Å². The molecule has 0 aliphatic rings. The average Bonchev–Trinajstić information content (AvgIpc) is 2.72. The number of nitrogens with zero attached hydrogens (tertiary/aromatic N) is 1. The van der Waals surface area contributed by atoms with Crippen molar-refractivity contribution in [2.45, 2.75) is 0 Å². The zero-order valence-electron chi connectivity index (χ0n) is 9.75. The molecule has 1 N–H and O–H groups in total. The monoisotopic (exact) mass is 298 g/mol. The Morgan fingerprint density at radius 1 is 0.900 bits per heavy atom. The molecule has 0 unspecified atom stereocenters. The molecule has 0 saturated carbocycles. The summed E-state index contributed by atoms with van der Waals surface area (Å²) in [7, 11) is 0. The molecule has 0 fully saturated rings. The van der Waals surface area contributed by atoms with Crippen molar-refractivity contribution in [2.75, 3.05) is 0 Å². The van der Waals surface area contributed by atoms with E-state index < -0.39 is 29.0 Å². The standard InChI is InChI=1S/C13H6F4N2S/c14-6-4-5-9-12(10(6)17)19(13(20)18-9)11-7(15)2-1-3-8(11)16/h1-5H,(H,18,20). The van der Waals surface area contributed by atoms with Crippen molar-refractivity contribution in [1.82, 2.24) is 9.55 Å². The van der Waals surface area contributed by atoms with Crippen LogP contribution >= 0.6 is 12.2 Å². The fourth-order valence-corrected chi connectivity index (χ4v) is 2.34. The Kier molecular flexibility index (Phi) is 2.86. The Labute approximate surface area is 115 Å². The lowest BCUT2D eigenvalue weighted by Gasteiger charge is -2.08. The lowest BCUT2D eigenvalue weighted by Crippen LogP contribution is -2.03. The molecule has 102 valence electrons. The van der Waals surface area contributed by atoms with Gasteiger partial charge in [0.1, 0.15) is 22.8 Å². The Bertz CT molecular complexity index is 862. The van der Waals surface area contributed by atoms with Crippen LogP contribution in [-0.2, 0) is 0 Å². The molecule has 1 heterocycles. The van der Waals surface area contributed by atoms with Gasteiger partial charge in [0.05, 0.1) is 5.52 Å². The van der Waals surface area contributed by atoms with Crippen LogP contribution in [-0.4, -0.2) is 9.55 Å². The summed E-state index contributed by atoms with van der Waals surface area (Å²) in [5.41, 5.74) is -0.733. The first kappa shape index (κ1) is 12.9. The summed E-state index contributed by atoms with van der Waals surface area (Å²) >= 11 is 4.94. The molecule has 3 rings (SSSR count). The lowest BCUT2D eigenvalue weighted by atomic mass is 10.2. The summed E-state index contributed by atoms with van der Waals surface area (Å²) < 4.78 is 55.6. The van der Waals surface area contributed by atoms with Crippen LogP contribution < -0.4 is 0 Å². The molecule has 2 nitrogen and oxygen atoms in total. The second-order valence-electron chi connectivity index (χ2n) is 4.09. The number of rotatable bonds is 1. The number of imidazole rings is 1. The summed E-state index contributed by atoms with van der Waals surface area (Å²) in [6.07, 6.45) is 0. The summed E-state index contributed by atoms with van der Waals surface area (Å²) in [4.78, 5) is 2.59. The largest absolute Gasteiger partial charge is 0.330 e. The van der Waals surface area contributed by atoms with E-state index >= 15 is 0 Å². The third kappa shape index (κ3) is 1.74. The molecule has 2 aromatic carbocycles. The predicted molar refractivity (Wildman–Crippen MR) is 68.3 cm³/mol. The highest BCUT2D eigenvalue weighted by Crippen LogP contribution is 2.26. The van der Waals surface area contributed by atoms with Crippen LogP contribution in [0.3, 0.4) is 0 Å². The van der Waals surface area contributed by atoms with Crippen molar-refractivity contribution >= 4 is 23.3 Å². The predicted octanol–water partition coefficient (Wildman–Crippen LogP) is 4.24. The van der Waals surface area contributed by atoms with Crippen molar-refractivity contribution in [3.05, 3.63) is 58.4 Å². The molecule has 0 saturated heterocycles. The number of nitrogens with one attached hydrogen (secondary N) is 1. The van der Waals surface area contributed by atoms with Crippen LogP contribution in [0.1, 0.15) is 0 Å². The Morgan fingerprint density at radius 3 is 2.20 bits per heavy atom. The Hall–Kier alpha value is -2.15. The van der Waals surface area contributed by atoms with Crippen molar-refractivity contribution < 1.29 is 17.6 Å². The summed E-state index contributed by atoms with van der Waals surface area (Å²) in [6.45, 7) is 0. The van der Waals surface area contributed by atoms with E-state index in [9.17, 15) is 17.6 Å². The van der Waals surface area contributed by atoms with Crippen LogP contribution in [0.15, 0.2) is 30.3 Å². The molecule has 20 heavy (non-hydrogen) atoms. The minimum Gasteiger partial charge on any atom is -0.330 e. The number of para-hydroxylation sites is 1. The quantitative estimate of drug-likeness (QED) is 0.526. The highest BCUT2D eigenvalue weighted by molar-refractivity contribution is 7.71. The van der Waals surface area contributed by atoms with E-state index in [4.69, 9.17) is 12.2 Å². The highest BCUT2D eigenvalue weighted by Gasteiger charge is 2.19. The van der Waals surface area contributed by atoms with Crippen LogP contribution in [0, 0.1) is 28.0 Å². The lowest BCUT2D eigenvalue weighted by molar-refractivity contribution is 0.512. The van der Waals surface area contributed by atoms with Crippen LogP contribution in [0.5, 0.6) is 0 Å². The molecule has 1 aromatic heterocycles. The fraction of sp³-hybridized carbons (Fsp3) is 0. The maximum absolute atomic E-state index is 13.9. The third-order valence-electron chi connectivity index (χ3n) is 2.90. The second-order valence-corrected chi connectivity index (χ2v) is 4.48. The summed E-state index contributed by atoms with van der Waals surface area (Å²) in [5, 5.41) is 0. The maximum atomic E-state index is 13.9. The van der Waals surface area contributed by atoms with E-state index in [1.807, 2.05) is 0 Å². The Balaban J connectivity index is 2.52. The maximum Gasteiger partial charge on any atom is 0.184 e. The number of aromatic nitrogens is 2. The minimum atomic E-state index is -1.22. The van der Waals surface area contributed by atoms with E-state index in [2.05, 4.69) is 4.98 Å². The zero-order valence-corrected chi connectivity index (χ0v) is 10.6. The smallest absolute Gasteiger partial charge is 0.184 e. The normalized spacial score (nSPS) is 11.2. The molecule has 0 radical (unpaired) electrons. The second kappa shape index (κ2) is 4.45. The first-order valence-electron chi connectivity index (χ1n) is 5.54. The number of fused-ring (bicyclic) bond motifs is 1. The molecular weight excluding hydrogens is 292 g/mol. The van der Waals surface area contributed by atoms with Crippen LogP contribution in [0.25, 0.3) is 16.7 Å². The van der Waals surface area contributed by atoms with Gasteiger partial charge in [0.2, 0.25) is 0 Å². The molecule has 0 spiro atoms. The SMILES string of the molecule is Fc1cccc(F)c1-n1c(=S)[nH]c2ccc(F)c(F)c21. The van der Waals surface area contributed by atoms with Gasteiger partial charge in [-0.1, -0.05) is 6.07 Å². The van der Waals surface area contributed by atoms with Gasteiger partial charge in [-0.2, -0.15) is 0 Å². The summed E-state index contributed by atoms with van der Waals surface area (Å²) in [5.74, 6) is -4.20. The molecular formula is C13H6F4N2S. The van der Waals surface area contributed by atoms with Gasteiger partial charge >= 0.3 is 0 Å². The molecule has 0 bridgehead atoms. The first-order chi connectivity index (χ1) is 9.50. The van der Waals surface area contributed by atoms with Crippen LogP contribution in [0.4, 0.5) is 17.6 Å². The van der Waals surface area contributed by atoms with Gasteiger partial charge in [0.25, 0.3) is 0 Å². The zero-order chi connectivity index (χ0) is 14.4. The molecule has 0 aliphatic heterocycles. The molecule has 0 aliphatic carbocycles. The topological polar surface area (TPSA) is 20.7 Å². The minimum absolute atomic E-state index is 0.131. The first-order valence-corrected chi connectivity index (χ1v) is 5.94. The van der Waals surface area contributed by atoms with Gasteiger partial charge in [-0.05, 0) is 36.5 Å². The van der Waals surface area contributed by atoms with E-state index in [0.717, 1.165) is 22.8 Å². The number of H-pyrrole nitrogens is 1. The number of aromatic amines is 1. The van der Waals surface area contributed by atoms with E-state index in [0.29, 0.717) is 0 Å². The van der Waals surface area contributed by atoms with Gasteiger partial charge in [-0.25, -0.2) is 17.6 Å². The number of hydrogen-bond acceptors (Lipinski definition) is 1. The molecule has 0 atom stereocenters. The van der Waals surface area contributed by atoms with Crippen molar-refractivity contribution in [1.29, 1.82) is 0 Å². The fourth-order valence-electron chi connectivity index (χ4n) is 2.05. The third-order valence-corrected chi connectivity index (χ3v) is 3.18. The highest BCUT2D eigenvalue weighted by atomic mass is 32.1. The number of benzene rings is 2. The number of halogens is 4. The Morgan fingerprint density at radius 2 is 1.55 bits per heavy atom. The van der Waals surface area contributed by atoms with E-state index in [1.54, 1.807) is 0 Å². The molecule has 3 aromatic rings. The summed E-state index contributed by atoms with van der Waals surface area (Å²) in [6, 6.07) is 5.35. The van der Waals surface area contributed by atoms with Gasteiger partial charge in [-0.3, -0.25) is 4.57 Å². The van der Waals surface area contributed by atoms with Gasteiger partial charge in [0.15, 0.2) is 16.4 Å². The van der Waals surface area contributed by atoms with E-state index in [-0.39, 0.29) is 15.8 Å². The average molecular weight is 298 g/mol. The number of hydrogen-bond donors (Lipinski definition) is 1. The van der Waals surface area contributed by atoms with Crippen LogP contribution in [0.2, 0.25) is 0 Å².